The quantitative estimate of drug-likeness (QED) is 0.669. The maximum Gasteiger partial charge on any atom is 0.193 e. The van der Waals surface area contributed by atoms with Gasteiger partial charge in [0.2, 0.25) is 0 Å². The zero-order chi connectivity index (χ0) is 16.1. The van der Waals surface area contributed by atoms with Crippen molar-refractivity contribution in [2.75, 3.05) is 26.7 Å². The van der Waals surface area contributed by atoms with Gasteiger partial charge in [-0.3, -0.25) is 9.98 Å². The molecule has 1 N–H and O–H groups in total. The molecule has 1 aliphatic heterocycles. The number of likely N-dealkylation sites (tertiary alicyclic amines) is 1. The second kappa shape index (κ2) is 7.77. The lowest BCUT2D eigenvalue weighted by atomic mass is 10.1. The summed E-state index contributed by atoms with van der Waals surface area (Å²) in [6, 6.07) is 4.07. The second-order valence-electron chi connectivity index (χ2n) is 6.63. The van der Waals surface area contributed by atoms with Gasteiger partial charge in [0.1, 0.15) is 0 Å². The summed E-state index contributed by atoms with van der Waals surface area (Å²) in [5, 5.41) is 3.44. The zero-order valence-electron chi connectivity index (χ0n) is 14.3. The highest BCUT2D eigenvalue weighted by Crippen LogP contribution is 2.30. The number of hydrogen-bond acceptors (Lipinski definition) is 3. The molecule has 0 amide bonds. The Morgan fingerprint density at radius 1 is 1.35 bits per heavy atom. The maximum atomic E-state index is 6.02. The van der Waals surface area contributed by atoms with E-state index >= 15 is 0 Å². The fraction of sp³-hybridized carbons (Fsp3) is 0.667. The lowest BCUT2D eigenvalue weighted by Gasteiger charge is -2.34. The molecule has 1 aromatic rings. The number of nitrogens with zero attached hydrogens (tertiary/aromatic N) is 3. The Labute approximate surface area is 139 Å². The number of hydrogen-bond donors (Lipinski definition) is 1. The van der Waals surface area contributed by atoms with Crippen LogP contribution in [0, 0.1) is 12.8 Å². The molecule has 1 saturated heterocycles. The summed E-state index contributed by atoms with van der Waals surface area (Å²) < 4.78 is 6.02. The van der Waals surface area contributed by atoms with Crippen LogP contribution < -0.4 is 5.32 Å². The molecule has 1 aromatic heterocycles. The van der Waals surface area contributed by atoms with Gasteiger partial charge in [-0.05, 0) is 50.2 Å². The van der Waals surface area contributed by atoms with Gasteiger partial charge in [0.05, 0.1) is 18.3 Å². The van der Waals surface area contributed by atoms with Gasteiger partial charge in [0.15, 0.2) is 5.96 Å². The molecule has 1 aliphatic carbocycles. The van der Waals surface area contributed by atoms with Gasteiger partial charge in [-0.15, -0.1) is 0 Å². The van der Waals surface area contributed by atoms with Crippen LogP contribution in [0.2, 0.25) is 0 Å². The van der Waals surface area contributed by atoms with E-state index in [2.05, 4.69) is 33.2 Å². The molecule has 0 unspecified atom stereocenters. The summed E-state index contributed by atoms with van der Waals surface area (Å²) in [6.45, 7) is 5.80. The molecule has 23 heavy (non-hydrogen) atoms. The minimum Gasteiger partial charge on any atom is -0.378 e. The largest absolute Gasteiger partial charge is 0.378 e. The van der Waals surface area contributed by atoms with Gasteiger partial charge in [-0.2, -0.15) is 0 Å². The SMILES string of the molecule is CN=C(NCc1ncccc1C)N1CCC(OCC2CC2)CC1. The van der Waals surface area contributed by atoms with Crippen LogP contribution in [0.25, 0.3) is 0 Å². The van der Waals surface area contributed by atoms with Crippen LogP contribution in [0.1, 0.15) is 36.9 Å². The van der Waals surface area contributed by atoms with Crippen LogP contribution >= 0.6 is 0 Å². The molecule has 2 aliphatic rings. The number of piperidine rings is 1. The molecule has 2 fully saturated rings. The fourth-order valence-electron chi connectivity index (χ4n) is 2.99. The molecule has 3 rings (SSSR count). The minimum absolute atomic E-state index is 0.433. The smallest absolute Gasteiger partial charge is 0.193 e. The van der Waals surface area contributed by atoms with Crippen molar-refractivity contribution in [2.24, 2.45) is 10.9 Å². The van der Waals surface area contributed by atoms with E-state index in [1.807, 2.05) is 19.3 Å². The van der Waals surface area contributed by atoms with Gasteiger partial charge in [0, 0.05) is 32.9 Å². The summed E-state index contributed by atoms with van der Waals surface area (Å²) in [7, 11) is 1.85. The third-order valence-corrected chi connectivity index (χ3v) is 4.75. The molecule has 5 heteroatoms. The first-order valence-corrected chi connectivity index (χ1v) is 8.74. The molecule has 126 valence electrons. The van der Waals surface area contributed by atoms with E-state index in [0.717, 1.165) is 56.7 Å². The van der Waals surface area contributed by atoms with Gasteiger partial charge in [0.25, 0.3) is 0 Å². The van der Waals surface area contributed by atoms with Crippen molar-refractivity contribution in [3.05, 3.63) is 29.6 Å². The molecule has 5 nitrogen and oxygen atoms in total. The predicted octanol–water partition coefficient (Wildman–Crippen LogP) is 2.36. The van der Waals surface area contributed by atoms with E-state index in [4.69, 9.17) is 4.74 Å². The summed E-state index contributed by atoms with van der Waals surface area (Å²) in [5.74, 6) is 1.82. The van der Waals surface area contributed by atoms with Gasteiger partial charge in [-0.25, -0.2) is 0 Å². The maximum absolute atomic E-state index is 6.02. The molecule has 1 saturated carbocycles. The normalized spacial score (nSPS) is 19.9. The van der Waals surface area contributed by atoms with E-state index in [1.54, 1.807) is 0 Å². The number of ether oxygens (including phenoxy) is 1. The third-order valence-electron chi connectivity index (χ3n) is 4.75. The number of rotatable bonds is 5. The fourth-order valence-corrected chi connectivity index (χ4v) is 2.99. The predicted molar refractivity (Wildman–Crippen MR) is 92.4 cm³/mol. The lowest BCUT2D eigenvalue weighted by Crippen LogP contribution is -2.46. The first-order valence-electron chi connectivity index (χ1n) is 8.74. The Balaban J connectivity index is 1.44. The van der Waals surface area contributed by atoms with Crippen LogP contribution in [0.5, 0.6) is 0 Å². The van der Waals surface area contributed by atoms with Crippen molar-refractivity contribution in [3.8, 4) is 0 Å². The molecule has 0 aromatic carbocycles. The Morgan fingerprint density at radius 2 is 2.13 bits per heavy atom. The summed E-state index contributed by atoms with van der Waals surface area (Å²) >= 11 is 0. The highest BCUT2D eigenvalue weighted by Gasteiger charge is 2.26. The van der Waals surface area contributed by atoms with Crippen molar-refractivity contribution in [2.45, 2.75) is 45.3 Å². The summed E-state index contributed by atoms with van der Waals surface area (Å²) in [5.41, 5.74) is 2.29. The van der Waals surface area contributed by atoms with E-state index in [-0.39, 0.29) is 0 Å². The Kier molecular flexibility index (Phi) is 5.49. The Hall–Kier alpha value is -1.62. The number of guanidine groups is 1. The number of aliphatic imine (C=N–C) groups is 1. The molecule has 0 spiro atoms. The Morgan fingerprint density at radius 3 is 2.78 bits per heavy atom. The van der Waals surface area contributed by atoms with Gasteiger partial charge < -0.3 is 15.0 Å². The van der Waals surface area contributed by atoms with Crippen LogP contribution in [0.3, 0.4) is 0 Å². The number of aryl methyl sites for hydroxylation is 1. The van der Waals surface area contributed by atoms with Crippen molar-refractivity contribution < 1.29 is 4.74 Å². The Bertz CT molecular complexity index is 534. The monoisotopic (exact) mass is 316 g/mol. The molecular weight excluding hydrogens is 288 g/mol. The van der Waals surface area contributed by atoms with Crippen LogP contribution in [-0.2, 0) is 11.3 Å². The number of aromatic nitrogens is 1. The highest BCUT2D eigenvalue weighted by molar-refractivity contribution is 5.79. The van der Waals surface area contributed by atoms with Crippen LogP contribution in [-0.4, -0.2) is 48.7 Å². The van der Waals surface area contributed by atoms with E-state index in [9.17, 15) is 0 Å². The van der Waals surface area contributed by atoms with Crippen LogP contribution in [0.15, 0.2) is 23.3 Å². The molecule has 0 atom stereocenters. The first kappa shape index (κ1) is 16.2. The van der Waals surface area contributed by atoms with Crippen molar-refractivity contribution in [1.29, 1.82) is 0 Å². The number of pyridine rings is 1. The first-order chi connectivity index (χ1) is 11.3. The molecule has 0 bridgehead atoms. The second-order valence-corrected chi connectivity index (χ2v) is 6.63. The lowest BCUT2D eigenvalue weighted by molar-refractivity contribution is 0.0131. The zero-order valence-corrected chi connectivity index (χ0v) is 14.3. The van der Waals surface area contributed by atoms with Gasteiger partial charge in [-0.1, -0.05) is 6.07 Å². The van der Waals surface area contributed by atoms with Crippen molar-refractivity contribution >= 4 is 5.96 Å². The average molecular weight is 316 g/mol. The number of nitrogens with one attached hydrogen (secondary N) is 1. The van der Waals surface area contributed by atoms with E-state index in [0.29, 0.717) is 6.10 Å². The molecule has 2 heterocycles. The van der Waals surface area contributed by atoms with Crippen LogP contribution in [0.4, 0.5) is 0 Å². The topological polar surface area (TPSA) is 49.8 Å². The highest BCUT2D eigenvalue weighted by atomic mass is 16.5. The van der Waals surface area contributed by atoms with Gasteiger partial charge >= 0.3 is 0 Å². The van der Waals surface area contributed by atoms with Crippen molar-refractivity contribution in [1.82, 2.24) is 15.2 Å². The molecular formula is C18H28N4O. The average Bonchev–Trinajstić information content (AvgIpc) is 3.40. The van der Waals surface area contributed by atoms with E-state index in [1.165, 1.54) is 18.4 Å². The minimum atomic E-state index is 0.433. The third kappa shape index (κ3) is 4.67. The van der Waals surface area contributed by atoms with E-state index < -0.39 is 0 Å². The summed E-state index contributed by atoms with van der Waals surface area (Å²) in [4.78, 5) is 11.2. The standard InChI is InChI=1S/C18H28N4O/c1-14-4-3-9-20-17(14)12-21-18(19-2)22-10-7-16(8-11-22)23-13-15-5-6-15/h3-4,9,15-16H,5-8,10-13H2,1-2H3,(H,19,21). The summed E-state index contributed by atoms with van der Waals surface area (Å²) in [6.07, 6.45) is 7.19. The molecule has 0 radical (unpaired) electrons. The van der Waals surface area contributed by atoms with Crippen molar-refractivity contribution in [3.63, 3.8) is 0 Å².